The highest BCUT2D eigenvalue weighted by Crippen LogP contribution is 2.39. The van der Waals surface area contributed by atoms with E-state index in [0.29, 0.717) is 28.0 Å². The van der Waals surface area contributed by atoms with Gasteiger partial charge in [0.05, 0.1) is 10.7 Å². The Morgan fingerprint density at radius 2 is 2.00 bits per heavy atom. The van der Waals surface area contributed by atoms with E-state index in [1.807, 2.05) is 0 Å². The maximum atomic E-state index is 13.3. The van der Waals surface area contributed by atoms with Gasteiger partial charge >= 0.3 is 0 Å². The third kappa shape index (κ3) is 2.16. The van der Waals surface area contributed by atoms with Gasteiger partial charge in [0.25, 0.3) is 0 Å². The van der Waals surface area contributed by atoms with Crippen LogP contribution in [0.1, 0.15) is 24.6 Å². The molecule has 0 radical (unpaired) electrons. The predicted octanol–water partition coefficient (Wildman–Crippen LogP) is 3.40. The molecule has 1 heterocycles. The van der Waals surface area contributed by atoms with Gasteiger partial charge in [-0.3, -0.25) is 0 Å². The Hall–Kier alpha value is -1.68. The van der Waals surface area contributed by atoms with Gasteiger partial charge in [-0.1, -0.05) is 11.6 Å². The number of rotatable bonds is 2. The molecule has 1 aliphatic carbocycles. The maximum absolute atomic E-state index is 13.3. The molecule has 0 amide bonds. The molecule has 2 N–H and O–H groups in total. The quantitative estimate of drug-likeness (QED) is 0.903. The summed E-state index contributed by atoms with van der Waals surface area (Å²) in [6, 6.07) is 5.81. The lowest BCUT2D eigenvalue weighted by Gasteiger charge is -2.07. The van der Waals surface area contributed by atoms with Gasteiger partial charge in [0.1, 0.15) is 17.5 Å². The van der Waals surface area contributed by atoms with Crippen molar-refractivity contribution in [3.05, 3.63) is 40.9 Å². The summed E-state index contributed by atoms with van der Waals surface area (Å²) >= 11 is 6.06. The Bertz CT molecular complexity index is 611. The molecule has 0 spiro atoms. The van der Waals surface area contributed by atoms with Crippen LogP contribution in [0, 0.1) is 5.82 Å². The lowest BCUT2D eigenvalue weighted by Crippen LogP contribution is -2.00. The zero-order valence-electron chi connectivity index (χ0n) is 9.53. The van der Waals surface area contributed by atoms with Crippen molar-refractivity contribution in [2.45, 2.75) is 18.8 Å². The molecule has 5 heteroatoms. The molecule has 0 atom stereocenters. The Morgan fingerprint density at radius 3 is 2.72 bits per heavy atom. The van der Waals surface area contributed by atoms with E-state index in [-0.39, 0.29) is 5.82 Å². The highest BCUT2D eigenvalue weighted by atomic mass is 35.5. The Labute approximate surface area is 109 Å². The standard InChI is InChI=1S/C13H11ClFN3/c14-10-4-3-8(15)5-9(10)11-6-12(16)18-13(17-11)7-1-2-7/h3-7H,1-2H2,(H2,16,17,18). The maximum Gasteiger partial charge on any atom is 0.134 e. The molecule has 2 aromatic rings. The third-order valence-corrected chi connectivity index (χ3v) is 3.24. The first-order chi connectivity index (χ1) is 8.63. The summed E-state index contributed by atoms with van der Waals surface area (Å²) in [5.74, 6) is 1.16. The fourth-order valence-corrected chi connectivity index (χ4v) is 2.06. The minimum absolute atomic E-state index is 0.348. The second-order valence-electron chi connectivity index (χ2n) is 4.43. The van der Waals surface area contributed by atoms with Gasteiger partial charge in [0.2, 0.25) is 0 Å². The molecule has 0 unspecified atom stereocenters. The zero-order valence-corrected chi connectivity index (χ0v) is 10.3. The van der Waals surface area contributed by atoms with E-state index in [2.05, 4.69) is 9.97 Å². The zero-order chi connectivity index (χ0) is 12.7. The summed E-state index contributed by atoms with van der Waals surface area (Å²) < 4.78 is 13.3. The fourth-order valence-electron chi connectivity index (χ4n) is 1.84. The molecule has 1 saturated carbocycles. The summed E-state index contributed by atoms with van der Waals surface area (Å²) in [6.07, 6.45) is 2.17. The van der Waals surface area contributed by atoms with Gasteiger partial charge < -0.3 is 5.73 Å². The van der Waals surface area contributed by atoms with Crippen LogP contribution < -0.4 is 5.73 Å². The van der Waals surface area contributed by atoms with Crippen LogP contribution in [0.5, 0.6) is 0 Å². The molecule has 1 aliphatic rings. The monoisotopic (exact) mass is 263 g/mol. The Morgan fingerprint density at radius 1 is 1.22 bits per heavy atom. The van der Waals surface area contributed by atoms with Crippen LogP contribution in [-0.4, -0.2) is 9.97 Å². The summed E-state index contributed by atoms with van der Waals surface area (Å²) in [5.41, 5.74) is 6.89. The summed E-state index contributed by atoms with van der Waals surface area (Å²) in [4.78, 5) is 8.63. The van der Waals surface area contributed by atoms with Gasteiger partial charge in [0, 0.05) is 17.5 Å². The van der Waals surface area contributed by atoms with E-state index < -0.39 is 0 Å². The number of nitrogens with zero attached hydrogens (tertiary/aromatic N) is 2. The van der Waals surface area contributed by atoms with Crippen LogP contribution in [0.25, 0.3) is 11.3 Å². The van der Waals surface area contributed by atoms with Crippen molar-refractivity contribution in [2.75, 3.05) is 5.73 Å². The predicted molar refractivity (Wildman–Crippen MR) is 68.8 cm³/mol. The minimum atomic E-state index is -0.348. The van der Waals surface area contributed by atoms with E-state index >= 15 is 0 Å². The topological polar surface area (TPSA) is 51.8 Å². The van der Waals surface area contributed by atoms with Crippen LogP contribution in [0.3, 0.4) is 0 Å². The number of anilines is 1. The van der Waals surface area contributed by atoms with Crippen molar-refractivity contribution in [3.8, 4) is 11.3 Å². The number of nitrogens with two attached hydrogens (primary N) is 1. The molecule has 92 valence electrons. The molecule has 3 rings (SSSR count). The summed E-state index contributed by atoms with van der Waals surface area (Å²) in [5, 5.41) is 0.455. The smallest absolute Gasteiger partial charge is 0.134 e. The molecule has 0 aliphatic heterocycles. The van der Waals surface area contributed by atoms with Crippen molar-refractivity contribution in [3.63, 3.8) is 0 Å². The van der Waals surface area contributed by atoms with Gasteiger partial charge in [-0.25, -0.2) is 14.4 Å². The number of hydrogen-bond acceptors (Lipinski definition) is 3. The first-order valence-corrected chi connectivity index (χ1v) is 6.11. The first kappa shape index (κ1) is 11.4. The van der Waals surface area contributed by atoms with Gasteiger partial charge in [0.15, 0.2) is 0 Å². The van der Waals surface area contributed by atoms with Crippen LogP contribution in [-0.2, 0) is 0 Å². The van der Waals surface area contributed by atoms with E-state index in [9.17, 15) is 4.39 Å². The average molecular weight is 264 g/mol. The molecular formula is C13H11ClFN3. The van der Waals surface area contributed by atoms with Gasteiger partial charge in [-0.2, -0.15) is 0 Å². The van der Waals surface area contributed by atoms with E-state index in [0.717, 1.165) is 18.7 Å². The molecule has 0 saturated heterocycles. The van der Waals surface area contributed by atoms with Crippen LogP contribution >= 0.6 is 11.6 Å². The first-order valence-electron chi connectivity index (χ1n) is 5.73. The average Bonchev–Trinajstić information content (AvgIpc) is 3.15. The number of hydrogen-bond donors (Lipinski definition) is 1. The van der Waals surface area contributed by atoms with Crippen molar-refractivity contribution >= 4 is 17.4 Å². The normalized spacial score (nSPS) is 14.8. The number of benzene rings is 1. The third-order valence-electron chi connectivity index (χ3n) is 2.91. The molecule has 1 aromatic heterocycles. The number of halogens is 2. The minimum Gasteiger partial charge on any atom is -0.384 e. The van der Waals surface area contributed by atoms with Crippen molar-refractivity contribution in [2.24, 2.45) is 0 Å². The van der Waals surface area contributed by atoms with E-state index in [1.165, 1.54) is 18.2 Å². The molecule has 0 bridgehead atoms. The van der Waals surface area contributed by atoms with Crippen LogP contribution in [0.15, 0.2) is 24.3 Å². The highest BCUT2D eigenvalue weighted by molar-refractivity contribution is 6.33. The molecule has 3 nitrogen and oxygen atoms in total. The second-order valence-corrected chi connectivity index (χ2v) is 4.84. The molecule has 18 heavy (non-hydrogen) atoms. The molecule has 1 fully saturated rings. The summed E-state index contributed by atoms with van der Waals surface area (Å²) in [6.45, 7) is 0. The number of nitrogen functional groups attached to an aromatic ring is 1. The Balaban J connectivity index is 2.12. The second kappa shape index (κ2) is 4.21. The summed E-state index contributed by atoms with van der Waals surface area (Å²) in [7, 11) is 0. The Kier molecular flexibility index (Phi) is 2.67. The van der Waals surface area contributed by atoms with Gasteiger partial charge in [-0.05, 0) is 31.0 Å². The van der Waals surface area contributed by atoms with E-state index in [1.54, 1.807) is 6.07 Å². The lowest BCUT2D eigenvalue weighted by atomic mass is 10.1. The fraction of sp³-hybridized carbons (Fsp3) is 0.231. The largest absolute Gasteiger partial charge is 0.384 e. The highest BCUT2D eigenvalue weighted by Gasteiger charge is 2.27. The molecular weight excluding hydrogens is 253 g/mol. The molecule has 1 aromatic carbocycles. The lowest BCUT2D eigenvalue weighted by molar-refractivity contribution is 0.628. The van der Waals surface area contributed by atoms with Crippen LogP contribution in [0.2, 0.25) is 5.02 Å². The van der Waals surface area contributed by atoms with E-state index in [4.69, 9.17) is 17.3 Å². The van der Waals surface area contributed by atoms with Crippen molar-refractivity contribution < 1.29 is 4.39 Å². The van der Waals surface area contributed by atoms with Crippen LogP contribution in [0.4, 0.5) is 10.2 Å². The number of aromatic nitrogens is 2. The van der Waals surface area contributed by atoms with Gasteiger partial charge in [-0.15, -0.1) is 0 Å². The van der Waals surface area contributed by atoms with Crippen molar-refractivity contribution in [1.29, 1.82) is 0 Å². The SMILES string of the molecule is Nc1cc(-c2cc(F)ccc2Cl)nc(C2CC2)n1. The van der Waals surface area contributed by atoms with Crippen molar-refractivity contribution in [1.82, 2.24) is 9.97 Å².